The molecule has 2 aliphatic carbocycles. The van der Waals surface area contributed by atoms with Crippen molar-refractivity contribution in [1.82, 2.24) is 10.2 Å². The van der Waals surface area contributed by atoms with Crippen LogP contribution in [-0.4, -0.2) is 43.0 Å². The van der Waals surface area contributed by atoms with Gasteiger partial charge in [-0.2, -0.15) is 0 Å². The van der Waals surface area contributed by atoms with E-state index in [1.165, 1.54) is 12.0 Å². The van der Waals surface area contributed by atoms with Crippen LogP contribution in [0.4, 0.5) is 4.79 Å². The number of nitrogens with one attached hydrogen (secondary N) is 1. The zero-order valence-corrected chi connectivity index (χ0v) is 10.7. The Morgan fingerprint density at radius 1 is 1.32 bits per heavy atom. The first kappa shape index (κ1) is 12.2. The van der Waals surface area contributed by atoms with Crippen LogP contribution in [0.3, 0.4) is 0 Å². The second-order valence-corrected chi connectivity index (χ2v) is 5.25. The van der Waals surface area contributed by atoms with Crippen LogP contribution < -0.4 is 5.32 Å². The number of hydrogen-bond donors (Lipinski definition) is 1. The van der Waals surface area contributed by atoms with E-state index in [4.69, 9.17) is 0 Å². The molecule has 1 aliphatic heterocycles. The highest BCUT2D eigenvalue weighted by Gasteiger charge is 2.58. The normalized spacial score (nSPS) is 34.9. The Morgan fingerprint density at radius 2 is 1.89 bits per heavy atom. The predicted molar refractivity (Wildman–Crippen MR) is 64.8 cm³/mol. The van der Waals surface area contributed by atoms with E-state index in [1.54, 1.807) is 0 Å². The molecule has 0 spiro atoms. The Hall–Kier alpha value is -1.85. The van der Waals surface area contributed by atoms with Crippen molar-refractivity contribution in [2.24, 2.45) is 23.7 Å². The summed E-state index contributed by atoms with van der Waals surface area (Å²) in [7, 11) is 1.27. The molecule has 0 aromatic carbocycles. The van der Waals surface area contributed by atoms with E-state index in [-0.39, 0.29) is 48.6 Å². The molecule has 6 heteroatoms. The van der Waals surface area contributed by atoms with Gasteiger partial charge < -0.3 is 10.1 Å². The minimum Gasteiger partial charge on any atom is -0.453 e. The number of carbonyl (C=O) groups is 3. The topological polar surface area (TPSA) is 75.7 Å². The molecular formula is C13H16N2O4. The molecule has 1 saturated heterocycles. The lowest BCUT2D eigenvalue weighted by Gasteiger charge is -2.17. The van der Waals surface area contributed by atoms with E-state index < -0.39 is 6.09 Å². The maximum atomic E-state index is 12.3. The Kier molecular flexibility index (Phi) is 2.80. The minimum atomic E-state index is -0.555. The first-order valence-electron chi connectivity index (χ1n) is 6.49. The van der Waals surface area contributed by atoms with E-state index in [0.29, 0.717) is 0 Å². The van der Waals surface area contributed by atoms with Gasteiger partial charge in [0.1, 0.15) is 0 Å². The van der Waals surface area contributed by atoms with Crippen molar-refractivity contribution >= 4 is 17.9 Å². The molecule has 1 N–H and O–H groups in total. The van der Waals surface area contributed by atoms with Crippen molar-refractivity contribution in [2.45, 2.75) is 6.42 Å². The van der Waals surface area contributed by atoms with Crippen LogP contribution in [0, 0.1) is 23.7 Å². The van der Waals surface area contributed by atoms with Gasteiger partial charge in [0, 0.05) is 13.1 Å². The fourth-order valence-electron chi connectivity index (χ4n) is 3.53. The van der Waals surface area contributed by atoms with E-state index >= 15 is 0 Å². The molecule has 0 aromatic rings. The SMILES string of the molecule is COC(=O)NCCN1C(=O)[C@@H]2[C@H](C1=O)[C@H]1C=C[C@H]2C1. The molecule has 19 heavy (non-hydrogen) atoms. The number of imide groups is 1. The number of carbonyl (C=O) groups excluding carboxylic acids is 3. The highest BCUT2D eigenvalue weighted by Crippen LogP contribution is 2.52. The average molecular weight is 264 g/mol. The molecule has 3 rings (SSSR count). The fraction of sp³-hybridized carbons (Fsp3) is 0.615. The third kappa shape index (κ3) is 1.74. The summed E-state index contributed by atoms with van der Waals surface area (Å²) in [6.45, 7) is 0.450. The number of hydrogen-bond acceptors (Lipinski definition) is 4. The van der Waals surface area contributed by atoms with Crippen LogP contribution >= 0.6 is 0 Å². The summed E-state index contributed by atoms with van der Waals surface area (Å²) in [4.78, 5) is 36.7. The van der Waals surface area contributed by atoms with Crippen LogP contribution in [0.15, 0.2) is 12.2 Å². The monoisotopic (exact) mass is 264 g/mol. The van der Waals surface area contributed by atoms with Gasteiger partial charge >= 0.3 is 6.09 Å². The molecule has 1 heterocycles. The zero-order chi connectivity index (χ0) is 13.6. The van der Waals surface area contributed by atoms with Crippen molar-refractivity contribution in [2.75, 3.05) is 20.2 Å². The molecule has 0 aromatic heterocycles. The zero-order valence-electron chi connectivity index (χ0n) is 10.7. The van der Waals surface area contributed by atoms with Gasteiger partial charge in [0.25, 0.3) is 0 Å². The van der Waals surface area contributed by atoms with Crippen LogP contribution in [-0.2, 0) is 14.3 Å². The summed E-state index contributed by atoms with van der Waals surface area (Å²) < 4.78 is 4.44. The smallest absolute Gasteiger partial charge is 0.406 e. The lowest BCUT2D eigenvalue weighted by molar-refractivity contribution is -0.140. The van der Waals surface area contributed by atoms with Gasteiger partial charge in [-0.3, -0.25) is 14.5 Å². The summed E-state index contributed by atoms with van der Waals surface area (Å²) in [6, 6.07) is 0. The van der Waals surface area contributed by atoms with Gasteiger partial charge in [0.2, 0.25) is 11.8 Å². The number of allylic oxidation sites excluding steroid dienone is 2. The number of fused-ring (bicyclic) bond motifs is 5. The number of nitrogens with zero attached hydrogens (tertiary/aromatic N) is 1. The van der Waals surface area contributed by atoms with E-state index in [9.17, 15) is 14.4 Å². The summed E-state index contributed by atoms with van der Waals surface area (Å²) in [5.41, 5.74) is 0. The van der Waals surface area contributed by atoms with Crippen molar-refractivity contribution in [1.29, 1.82) is 0 Å². The first-order chi connectivity index (χ1) is 9.13. The standard InChI is InChI=1S/C13H16N2O4/c1-19-13(18)14-4-5-15-11(16)9-7-2-3-8(6-7)10(9)12(15)17/h2-3,7-10H,4-6H2,1H3,(H,14,18)/t7-,8-,9-,10+/m0/s1. The van der Waals surface area contributed by atoms with Crippen LogP contribution in [0.25, 0.3) is 0 Å². The maximum absolute atomic E-state index is 12.3. The third-order valence-electron chi connectivity index (χ3n) is 4.35. The second kappa shape index (κ2) is 4.36. The molecule has 0 unspecified atom stereocenters. The molecule has 3 aliphatic rings. The Bertz CT molecular complexity index is 443. The van der Waals surface area contributed by atoms with Gasteiger partial charge in [-0.25, -0.2) is 4.79 Å². The van der Waals surface area contributed by atoms with E-state index in [1.807, 2.05) is 0 Å². The molecule has 3 amide bonds. The number of rotatable bonds is 3. The summed E-state index contributed by atoms with van der Waals surface area (Å²) in [5.74, 6) is -0.0479. The van der Waals surface area contributed by atoms with Gasteiger partial charge in [-0.1, -0.05) is 12.2 Å². The minimum absolute atomic E-state index is 0.0847. The highest BCUT2D eigenvalue weighted by atomic mass is 16.5. The number of ether oxygens (including phenoxy) is 1. The van der Waals surface area contributed by atoms with E-state index in [0.717, 1.165) is 6.42 Å². The highest BCUT2D eigenvalue weighted by molar-refractivity contribution is 6.06. The first-order valence-corrected chi connectivity index (χ1v) is 6.49. The molecule has 2 bridgehead atoms. The summed E-state index contributed by atoms with van der Waals surface area (Å²) in [5, 5.41) is 2.48. The molecule has 2 fully saturated rings. The summed E-state index contributed by atoms with van der Waals surface area (Å²) >= 11 is 0. The molecule has 1 saturated carbocycles. The van der Waals surface area contributed by atoms with Crippen molar-refractivity contribution in [3.8, 4) is 0 Å². The average Bonchev–Trinajstić information content (AvgIpc) is 3.07. The number of likely N-dealkylation sites (tertiary alicyclic amines) is 1. The lowest BCUT2D eigenvalue weighted by Crippen LogP contribution is -2.39. The van der Waals surface area contributed by atoms with Gasteiger partial charge in [-0.05, 0) is 18.3 Å². The van der Waals surface area contributed by atoms with Crippen LogP contribution in [0.2, 0.25) is 0 Å². The van der Waals surface area contributed by atoms with Crippen molar-refractivity contribution < 1.29 is 19.1 Å². The largest absolute Gasteiger partial charge is 0.453 e. The number of alkyl carbamates (subject to hydrolysis) is 1. The lowest BCUT2D eigenvalue weighted by atomic mass is 9.85. The predicted octanol–water partition coefficient (Wildman–Crippen LogP) is 0.149. The van der Waals surface area contributed by atoms with Gasteiger partial charge in [0.05, 0.1) is 18.9 Å². The van der Waals surface area contributed by atoms with E-state index in [2.05, 4.69) is 22.2 Å². The molecule has 4 atom stereocenters. The Morgan fingerprint density at radius 3 is 2.42 bits per heavy atom. The molecule has 6 nitrogen and oxygen atoms in total. The van der Waals surface area contributed by atoms with Crippen LogP contribution in [0.5, 0.6) is 0 Å². The van der Waals surface area contributed by atoms with Crippen molar-refractivity contribution in [3.63, 3.8) is 0 Å². The number of methoxy groups -OCH3 is 1. The maximum Gasteiger partial charge on any atom is 0.406 e. The Labute approximate surface area is 110 Å². The fourth-order valence-corrected chi connectivity index (χ4v) is 3.53. The summed E-state index contributed by atoms with van der Waals surface area (Å²) in [6.07, 6.45) is 4.50. The Balaban J connectivity index is 1.64. The quantitative estimate of drug-likeness (QED) is 0.581. The van der Waals surface area contributed by atoms with Gasteiger partial charge in [-0.15, -0.1) is 0 Å². The van der Waals surface area contributed by atoms with Gasteiger partial charge in [0.15, 0.2) is 0 Å². The third-order valence-corrected chi connectivity index (χ3v) is 4.35. The molecule has 0 radical (unpaired) electrons. The molecular weight excluding hydrogens is 248 g/mol. The molecule has 102 valence electrons. The van der Waals surface area contributed by atoms with Crippen molar-refractivity contribution in [3.05, 3.63) is 12.2 Å². The second-order valence-electron chi connectivity index (χ2n) is 5.25. The number of amides is 3. The van der Waals surface area contributed by atoms with Crippen LogP contribution in [0.1, 0.15) is 6.42 Å².